The molecule has 0 spiro atoms. The smallest absolute Gasteiger partial charge is 0.343 e. The number of carbonyl (C=O) groups excluding carboxylic acids is 1. The summed E-state index contributed by atoms with van der Waals surface area (Å²) in [6.45, 7) is 8.01. The van der Waals surface area contributed by atoms with Crippen molar-refractivity contribution in [3.05, 3.63) is 90.0 Å². The van der Waals surface area contributed by atoms with Gasteiger partial charge in [0.25, 0.3) is 0 Å². The molecule has 0 aromatic heterocycles. The molecule has 0 saturated carbocycles. The number of benzene rings is 3. The van der Waals surface area contributed by atoms with Crippen molar-refractivity contribution in [1.82, 2.24) is 0 Å². The topological polar surface area (TPSA) is 44.8 Å². The van der Waals surface area contributed by atoms with Crippen LogP contribution in [0.25, 0.3) is 0 Å². The van der Waals surface area contributed by atoms with Gasteiger partial charge in [0.2, 0.25) is 0 Å². The highest BCUT2D eigenvalue weighted by Crippen LogP contribution is 2.21. The number of hydrogen-bond donors (Lipinski definition) is 0. The molecule has 0 aliphatic rings. The van der Waals surface area contributed by atoms with Crippen LogP contribution in [0.3, 0.4) is 0 Å². The van der Waals surface area contributed by atoms with Crippen LogP contribution in [-0.4, -0.2) is 12.6 Å². The molecule has 0 unspecified atom stereocenters. The Morgan fingerprint density at radius 3 is 2.00 bits per heavy atom. The number of hydrogen-bond acceptors (Lipinski definition) is 4. The lowest BCUT2D eigenvalue weighted by molar-refractivity contribution is 0.0734. The number of esters is 1. The minimum Gasteiger partial charge on any atom is -0.494 e. The van der Waals surface area contributed by atoms with E-state index in [1.807, 2.05) is 42.5 Å². The molecule has 0 heterocycles. The highest BCUT2D eigenvalue weighted by Gasteiger charge is 2.10. The van der Waals surface area contributed by atoms with Gasteiger partial charge in [0.05, 0.1) is 12.2 Å². The predicted molar refractivity (Wildman–Crippen MR) is 137 cm³/mol. The zero-order chi connectivity index (χ0) is 24.2. The first-order chi connectivity index (χ1) is 16.5. The summed E-state index contributed by atoms with van der Waals surface area (Å²) in [6, 6.07) is 24.1. The van der Waals surface area contributed by atoms with E-state index in [9.17, 15) is 4.79 Å². The Bertz CT molecular complexity index is 979. The van der Waals surface area contributed by atoms with E-state index in [2.05, 4.69) is 20.8 Å². The third-order valence-corrected chi connectivity index (χ3v) is 5.73. The second-order valence-electron chi connectivity index (χ2n) is 9.23. The van der Waals surface area contributed by atoms with Crippen molar-refractivity contribution in [2.24, 2.45) is 11.8 Å². The molecule has 3 aromatic rings. The Morgan fingerprint density at radius 2 is 1.32 bits per heavy atom. The van der Waals surface area contributed by atoms with E-state index in [0.717, 1.165) is 23.7 Å². The molecule has 0 fully saturated rings. The van der Waals surface area contributed by atoms with Crippen LogP contribution in [0, 0.1) is 11.8 Å². The fourth-order valence-corrected chi connectivity index (χ4v) is 3.59. The van der Waals surface area contributed by atoms with E-state index in [0.29, 0.717) is 36.2 Å². The van der Waals surface area contributed by atoms with Crippen LogP contribution in [0.4, 0.5) is 0 Å². The molecule has 34 heavy (non-hydrogen) atoms. The second-order valence-corrected chi connectivity index (χ2v) is 9.23. The second kappa shape index (κ2) is 13.4. The molecule has 180 valence electrons. The Labute approximate surface area is 203 Å². The van der Waals surface area contributed by atoms with Gasteiger partial charge in [-0.3, -0.25) is 0 Å². The average molecular weight is 461 g/mol. The molecule has 0 aliphatic carbocycles. The number of ether oxygens (including phenoxy) is 3. The van der Waals surface area contributed by atoms with Crippen molar-refractivity contribution in [1.29, 1.82) is 0 Å². The Morgan fingerprint density at radius 1 is 0.706 bits per heavy atom. The first-order valence-corrected chi connectivity index (χ1v) is 12.2. The van der Waals surface area contributed by atoms with E-state index in [4.69, 9.17) is 14.2 Å². The summed E-state index contributed by atoms with van der Waals surface area (Å²) in [7, 11) is 0. The molecule has 0 bridgehead atoms. The first kappa shape index (κ1) is 25.4. The summed E-state index contributed by atoms with van der Waals surface area (Å²) >= 11 is 0. The summed E-state index contributed by atoms with van der Waals surface area (Å²) < 4.78 is 17.1. The van der Waals surface area contributed by atoms with Crippen molar-refractivity contribution in [2.75, 3.05) is 6.61 Å². The summed E-state index contributed by atoms with van der Waals surface area (Å²) in [5.74, 6) is 3.01. The fraction of sp³-hybridized carbons (Fsp3) is 0.367. The van der Waals surface area contributed by atoms with Gasteiger partial charge in [0.1, 0.15) is 23.9 Å². The molecule has 0 aliphatic heterocycles. The maximum absolute atomic E-state index is 12.5. The van der Waals surface area contributed by atoms with Crippen molar-refractivity contribution in [3.8, 4) is 17.2 Å². The van der Waals surface area contributed by atoms with Crippen molar-refractivity contribution in [3.63, 3.8) is 0 Å². The van der Waals surface area contributed by atoms with E-state index in [1.165, 1.54) is 19.3 Å². The third-order valence-electron chi connectivity index (χ3n) is 5.73. The minimum absolute atomic E-state index is 0.404. The summed E-state index contributed by atoms with van der Waals surface area (Å²) in [4.78, 5) is 12.5. The van der Waals surface area contributed by atoms with E-state index in [1.54, 1.807) is 36.4 Å². The van der Waals surface area contributed by atoms with Gasteiger partial charge >= 0.3 is 5.97 Å². The first-order valence-electron chi connectivity index (χ1n) is 12.2. The maximum Gasteiger partial charge on any atom is 0.343 e. The third kappa shape index (κ3) is 8.93. The molecule has 3 aromatic carbocycles. The van der Waals surface area contributed by atoms with E-state index < -0.39 is 5.97 Å². The Balaban J connectivity index is 1.40. The van der Waals surface area contributed by atoms with Crippen molar-refractivity contribution in [2.45, 2.75) is 53.1 Å². The van der Waals surface area contributed by atoms with Gasteiger partial charge in [-0.25, -0.2) is 4.79 Å². The lowest BCUT2D eigenvalue weighted by atomic mass is 9.98. The Kier molecular flexibility index (Phi) is 10.0. The van der Waals surface area contributed by atoms with Crippen LogP contribution in [0.2, 0.25) is 0 Å². The molecule has 0 N–H and O–H groups in total. The summed E-state index contributed by atoms with van der Waals surface area (Å²) in [6.07, 6.45) is 4.86. The van der Waals surface area contributed by atoms with Crippen molar-refractivity contribution >= 4 is 5.97 Å². The van der Waals surface area contributed by atoms with Crippen LogP contribution in [-0.2, 0) is 6.61 Å². The highest BCUT2D eigenvalue weighted by atomic mass is 16.5. The van der Waals surface area contributed by atoms with Gasteiger partial charge in [-0.05, 0) is 72.4 Å². The fourth-order valence-electron chi connectivity index (χ4n) is 3.59. The summed E-state index contributed by atoms with van der Waals surface area (Å²) in [5.41, 5.74) is 1.56. The molecule has 1 atom stereocenters. The zero-order valence-corrected chi connectivity index (χ0v) is 20.5. The standard InChI is InChI=1S/C30H36O4/c1-23(2)8-7-9-24(3)20-21-32-27-16-18-29(19-17-27)34-30(31)26-12-14-28(15-13-26)33-22-25-10-5-4-6-11-25/h4-6,10-19,23-24H,7-9,20-22H2,1-3H3/t24-/m0/s1. The van der Waals surface area contributed by atoms with E-state index >= 15 is 0 Å². The largest absolute Gasteiger partial charge is 0.494 e. The lowest BCUT2D eigenvalue weighted by Crippen LogP contribution is -2.08. The SMILES string of the molecule is CC(C)CCC[C@H](C)CCOc1ccc(OC(=O)c2ccc(OCc3ccccc3)cc2)cc1. The van der Waals surface area contributed by atoms with Gasteiger partial charge in [-0.1, -0.05) is 70.4 Å². The molecule has 4 heteroatoms. The van der Waals surface area contributed by atoms with Crippen LogP contribution in [0.5, 0.6) is 17.2 Å². The maximum atomic E-state index is 12.5. The van der Waals surface area contributed by atoms with Gasteiger partial charge < -0.3 is 14.2 Å². The molecular formula is C30H36O4. The van der Waals surface area contributed by atoms with Crippen molar-refractivity contribution < 1.29 is 19.0 Å². The van der Waals surface area contributed by atoms with Gasteiger partial charge in [-0.2, -0.15) is 0 Å². The molecule has 0 amide bonds. The van der Waals surface area contributed by atoms with Crippen LogP contribution in [0.15, 0.2) is 78.9 Å². The number of rotatable bonds is 13. The lowest BCUT2D eigenvalue weighted by Gasteiger charge is -2.13. The van der Waals surface area contributed by atoms with Crippen LogP contribution in [0.1, 0.15) is 62.4 Å². The van der Waals surface area contributed by atoms with Gasteiger partial charge in [0.15, 0.2) is 0 Å². The Hall–Kier alpha value is -3.27. The average Bonchev–Trinajstić information content (AvgIpc) is 2.84. The number of carbonyl (C=O) groups is 1. The highest BCUT2D eigenvalue weighted by molar-refractivity contribution is 5.91. The van der Waals surface area contributed by atoms with Crippen LogP contribution < -0.4 is 14.2 Å². The molecule has 4 nitrogen and oxygen atoms in total. The van der Waals surface area contributed by atoms with Gasteiger partial charge in [0, 0.05) is 0 Å². The van der Waals surface area contributed by atoms with Crippen LogP contribution >= 0.6 is 0 Å². The molecule has 0 radical (unpaired) electrons. The predicted octanol–water partition coefficient (Wildman–Crippen LogP) is 7.72. The monoisotopic (exact) mass is 460 g/mol. The normalized spacial score (nSPS) is 11.8. The van der Waals surface area contributed by atoms with E-state index in [-0.39, 0.29) is 0 Å². The zero-order valence-electron chi connectivity index (χ0n) is 20.5. The molecular weight excluding hydrogens is 424 g/mol. The van der Waals surface area contributed by atoms with Gasteiger partial charge in [-0.15, -0.1) is 0 Å². The molecule has 3 rings (SSSR count). The quantitative estimate of drug-likeness (QED) is 0.193. The minimum atomic E-state index is -0.404. The summed E-state index contributed by atoms with van der Waals surface area (Å²) in [5, 5.41) is 0. The molecule has 0 saturated heterocycles.